The van der Waals surface area contributed by atoms with E-state index in [0.29, 0.717) is 17.9 Å². The number of hydrogen-bond donors (Lipinski definition) is 0. The van der Waals surface area contributed by atoms with Crippen LogP contribution in [0.3, 0.4) is 0 Å². The van der Waals surface area contributed by atoms with Gasteiger partial charge in [-0.1, -0.05) is 18.2 Å². The Morgan fingerprint density at radius 3 is 2.60 bits per heavy atom. The first kappa shape index (κ1) is 15.0. The third-order valence-corrected chi connectivity index (χ3v) is 5.25. The molecule has 0 radical (unpaired) electrons. The van der Waals surface area contributed by atoms with Crippen LogP contribution in [0.1, 0.15) is 24.8 Å². The standard InChI is InChI=1S/C15H20O4S/c1-18-13-6-4-3-5-12(13)10-20(17)11-15(7-8-15)9-14(16)19-2/h3-6H,7-11H2,1-2H3. The summed E-state index contributed by atoms with van der Waals surface area (Å²) in [6.45, 7) is 0. The van der Waals surface area contributed by atoms with Crippen molar-refractivity contribution in [3.63, 3.8) is 0 Å². The fourth-order valence-electron chi connectivity index (χ4n) is 2.32. The van der Waals surface area contributed by atoms with Crippen LogP contribution in [0.4, 0.5) is 0 Å². The predicted octanol–water partition coefficient (Wildman–Crippen LogP) is 2.29. The van der Waals surface area contributed by atoms with E-state index in [0.717, 1.165) is 24.2 Å². The maximum absolute atomic E-state index is 12.3. The van der Waals surface area contributed by atoms with Crippen molar-refractivity contribution >= 4 is 16.8 Å². The molecule has 0 saturated heterocycles. The second-order valence-electron chi connectivity index (χ2n) is 5.29. The molecule has 20 heavy (non-hydrogen) atoms. The molecule has 1 aliphatic carbocycles. The van der Waals surface area contributed by atoms with Crippen molar-refractivity contribution in [2.24, 2.45) is 5.41 Å². The lowest BCUT2D eigenvalue weighted by Crippen LogP contribution is -2.18. The summed E-state index contributed by atoms with van der Waals surface area (Å²) in [7, 11) is 2.01. The molecule has 1 aromatic rings. The number of hydrogen-bond acceptors (Lipinski definition) is 4. The van der Waals surface area contributed by atoms with Gasteiger partial charge in [-0.15, -0.1) is 0 Å². The first-order chi connectivity index (χ1) is 9.58. The van der Waals surface area contributed by atoms with Gasteiger partial charge in [-0.2, -0.15) is 0 Å². The van der Waals surface area contributed by atoms with E-state index in [1.165, 1.54) is 7.11 Å². The summed E-state index contributed by atoms with van der Waals surface area (Å²) in [4.78, 5) is 11.4. The molecule has 5 heteroatoms. The Labute approximate surface area is 121 Å². The normalized spacial score (nSPS) is 17.3. The average Bonchev–Trinajstić information content (AvgIpc) is 3.18. The summed E-state index contributed by atoms with van der Waals surface area (Å²) in [5, 5.41) is 0. The van der Waals surface area contributed by atoms with Gasteiger partial charge >= 0.3 is 5.97 Å². The van der Waals surface area contributed by atoms with E-state index in [1.54, 1.807) is 7.11 Å². The van der Waals surface area contributed by atoms with Crippen molar-refractivity contribution in [3.8, 4) is 5.75 Å². The molecule has 0 aliphatic heterocycles. The Hall–Kier alpha value is -1.36. The van der Waals surface area contributed by atoms with Crippen molar-refractivity contribution in [3.05, 3.63) is 29.8 Å². The maximum Gasteiger partial charge on any atom is 0.306 e. The van der Waals surface area contributed by atoms with Gasteiger partial charge in [0, 0.05) is 22.1 Å². The summed E-state index contributed by atoms with van der Waals surface area (Å²) in [6.07, 6.45) is 2.29. The lowest BCUT2D eigenvalue weighted by atomic mass is 10.1. The van der Waals surface area contributed by atoms with Crippen molar-refractivity contribution in [1.82, 2.24) is 0 Å². The minimum absolute atomic E-state index is 0.0973. The van der Waals surface area contributed by atoms with Crippen LogP contribution in [-0.4, -0.2) is 30.2 Å². The zero-order valence-corrected chi connectivity index (χ0v) is 12.7. The smallest absolute Gasteiger partial charge is 0.306 e. The minimum atomic E-state index is -0.996. The summed E-state index contributed by atoms with van der Waals surface area (Å²) in [5.41, 5.74) is 0.849. The molecule has 0 amide bonds. The van der Waals surface area contributed by atoms with Gasteiger partial charge < -0.3 is 9.47 Å². The number of rotatable bonds is 7. The Kier molecular flexibility index (Phi) is 4.81. The first-order valence-electron chi connectivity index (χ1n) is 6.62. The third kappa shape index (κ3) is 3.82. The SMILES string of the molecule is COC(=O)CC1(CS(=O)Cc2ccccc2OC)CC1. The number of methoxy groups -OCH3 is 2. The lowest BCUT2D eigenvalue weighted by Gasteiger charge is -2.14. The van der Waals surface area contributed by atoms with Crippen LogP contribution < -0.4 is 4.74 Å². The average molecular weight is 296 g/mol. The quantitative estimate of drug-likeness (QED) is 0.724. The second-order valence-corrected chi connectivity index (χ2v) is 6.75. The molecule has 4 nitrogen and oxygen atoms in total. The van der Waals surface area contributed by atoms with Crippen LogP contribution in [0.2, 0.25) is 0 Å². The van der Waals surface area contributed by atoms with E-state index in [2.05, 4.69) is 0 Å². The Morgan fingerprint density at radius 2 is 2.00 bits per heavy atom. The lowest BCUT2D eigenvalue weighted by molar-refractivity contribution is -0.141. The number of ether oxygens (including phenoxy) is 2. The summed E-state index contributed by atoms with van der Waals surface area (Å²) in [6, 6.07) is 7.60. The van der Waals surface area contributed by atoms with Crippen molar-refractivity contribution in [1.29, 1.82) is 0 Å². The third-order valence-electron chi connectivity index (χ3n) is 3.68. The molecule has 110 valence electrons. The summed E-state index contributed by atoms with van der Waals surface area (Å²) in [5.74, 6) is 1.57. The first-order valence-corrected chi connectivity index (χ1v) is 8.11. The molecule has 1 atom stereocenters. The van der Waals surface area contributed by atoms with Gasteiger partial charge in [-0.25, -0.2) is 0 Å². The monoisotopic (exact) mass is 296 g/mol. The number of carbonyl (C=O) groups is 1. The van der Waals surface area contributed by atoms with Crippen LogP contribution >= 0.6 is 0 Å². The largest absolute Gasteiger partial charge is 0.496 e. The number of esters is 1. The molecule has 0 bridgehead atoms. The van der Waals surface area contributed by atoms with E-state index in [1.807, 2.05) is 24.3 Å². The number of para-hydroxylation sites is 1. The van der Waals surface area contributed by atoms with Gasteiger partial charge in [-0.3, -0.25) is 9.00 Å². The Balaban J connectivity index is 1.94. The van der Waals surface area contributed by atoms with Gasteiger partial charge in [0.05, 0.1) is 26.4 Å². The van der Waals surface area contributed by atoms with Crippen LogP contribution in [-0.2, 0) is 26.1 Å². The zero-order chi connectivity index (χ0) is 14.6. The highest BCUT2D eigenvalue weighted by Gasteiger charge is 2.45. The van der Waals surface area contributed by atoms with E-state index in [4.69, 9.17) is 9.47 Å². The predicted molar refractivity (Wildman–Crippen MR) is 78.0 cm³/mol. The van der Waals surface area contributed by atoms with Gasteiger partial charge in [0.1, 0.15) is 5.75 Å². The second kappa shape index (κ2) is 6.39. The molecule has 1 aromatic carbocycles. The molecule has 0 N–H and O–H groups in total. The van der Waals surface area contributed by atoms with Gasteiger partial charge in [-0.05, 0) is 24.3 Å². The van der Waals surface area contributed by atoms with E-state index >= 15 is 0 Å². The summed E-state index contributed by atoms with van der Waals surface area (Å²) >= 11 is 0. The molecule has 1 unspecified atom stereocenters. The van der Waals surface area contributed by atoms with Crippen LogP contribution in [0, 0.1) is 5.41 Å². The van der Waals surface area contributed by atoms with Crippen molar-refractivity contribution in [2.45, 2.75) is 25.0 Å². The van der Waals surface area contributed by atoms with E-state index in [-0.39, 0.29) is 11.4 Å². The van der Waals surface area contributed by atoms with Crippen LogP contribution in [0.5, 0.6) is 5.75 Å². The molecule has 1 fully saturated rings. The highest BCUT2D eigenvalue weighted by Crippen LogP contribution is 2.49. The van der Waals surface area contributed by atoms with Gasteiger partial charge in [0.25, 0.3) is 0 Å². The molecule has 1 saturated carbocycles. The summed E-state index contributed by atoms with van der Waals surface area (Å²) < 4.78 is 22.3. The molecule has 2 rings (SSSR count). The van der Waals surface area contributed by atoms with Crippen LogP contribution in [0.25, 0.3) is 0 Å². The Morgan fingerprint density at radius 1 is 1.30 bits per heavy atom. The molecule has 0 aromatic heterocycles. The minimum Gasteiger partial charge on any atom is -0.496 e. The van der Waals surface area contributed by atoms with E-state index < -0.39 is 10.8 Å². The maximum atomic E-state index is 12.3. The Bertz CT molecular complexity index is 508. The zero-order valence-electron chi connectivity index (χ0n) is 11.9. The van der Waals surface area contributed by atoms with Crippen molar-refractivity contribution < 1.29 is 18.5 Å². The highest BCUT2D eigenvalue weighted by atomic mass is 32.2. The van der Waals surface area contributed by atoms with Gasteiger partial charge in [0.15, 0.2) is 0 Å². The molecule has 1 aliphatic rings. The van der Waals surface area contributed by atoms with E-state index in [9.17, 15) is 9.00 Å². The van der Waals surface area contributed by atoms with Crippen molar-refractivity contribution in [2.75, 3.05) is 20.0 Å². The fraction of sp³-hybridized carbons (Fsp3) is 0.533. The van der Waals surface area contributed by atoms with Gasteiger partial charge in [0.2, 0.25) is 0 Å². The number of benzene rings is 1. The number of carbonyl (C=O) groups excluding carboxylic acids is 1. The fourth-order valence-corrected chi connectivity index (χ4v) is 4.08. The topological polar surface area (TPSA) is 52.6 Å². The molecular formula is C15H20O4S. The molecule has 0 spiro atoms. The molecular weight excluding hydrogens is 276 g/mol. The highest BCUT2D eigenvalue weighted by molar-refractivity contribution is 7.84. The molecule has 0 heterocycles. The van der Waals surface area contributed by atoms with Crippen LogP contribution in [0.15, 0.2) is 24.3 Å².